The molecule has 6 rings (SSSR count). The third-order valence-electron chi connectivity index (χ3n) is 5.24. The minimum atomic E-state index is 0.628. The summed E-state index contributed by atoms with van der Waals surface area (Å²) in [5.74, 6) is 0.628. The van der Waals surface area contributed by atoms with E-state index in [4.69, 9.17) is 9.15 Å². The van der Waals surface area contributed by atoms with Gasteiger partial charge in [0.05, 0.1) is 24.8 Å². The number of nitrogens with one attached hydrogen (secondary N) is 1. The lowest BCUT2D eigenvalue weighted by Crippen LogP contribution is -1.86. The molecule has 1 aliphatic carbocycles. The van der Waals surface area contributed by atoms with Crippen molar-refractivity contribution in [1.82, 2.24) is 15.2 Å². The molecule has 1 aliphatic rings. The number of thiophene rings is 1. The van der Waals surface area contributed by atoms with Gasteiger partial charge in [-0.3, -0.25) is 5.10 Å². The van der Waals surface area contributed by atoms with Crippen LogP contribution >= 0.6 is 11.3 Å². The number of rotatable bonds is 3. The Hall–Kier alpha value is -3.38. The van der Waals surface area contributed by atoms with E-state index in [9.17, 15) is 0 Å². The van der Waals surface area contributed by atoms with Crippen LogP contribution in [0, 0.1) is 0 Å². The smallest absolute Gasteiger partial charge is 0.212 e. The molecule has 0 spiro atoms. The summed E-state index contributed by atoms with van der Waals surface area (Å²) in [6.07, 6.45) is 4.48. The maximum absolute atomic E-state index is 5.45. The lowest BCUT2D eigenvalue weighted by Gasteiger charge is -2.01. The van der Waals surface area contributed by atoms with Crippen molar-refractivity contribution >= 4 is 22.3 Å². The maximum atomic E-state index is 5.45. The Labute approximate surface area is 164 Å². The summed E-state index contributed by atoms with van der Waals surface area (Å²) in [4.78, 5) is 6.89. The lowest BCUT2D eigenvalue weighted by molar-refractivity contribution is 0.398. The summed E-state index contributed by atoms with van der Waals surface area (Å²) in [6, 6.07) is 14.4. The number of aromatic amines is 1. The molecule has 0 bridgehead atoms. The minimum Gasteiger partial charge on any atom is -0.481 e. The number of aromatic nitrogens is 3. The van der Waals surface area contributed by atoms with Crippen LogP contribution in [0.4, 0.5) is 0 Å². The monoisotopic (exact) mass is 385 g/mol. The van der Waals surface area contributed by atoms with Crippen LogP contribution in [0.25, 0.3) is 43.9 Å². The van der Waals surface area contributed by atoms with Gasteiger partial charge in [-0.25, -0.2) is 4.98 Å². The Bertz CT molecular complexity index is 1330. The van der Waals surface area contributed by atoms with E-state index < -0.39 is 0 Å². The molecule has 0 saturated carbocycles. The average molecular weight is 385 g/mol. The van der Waals surface area contributed by atoms with Gasteiger partial charge in [0.15, 0.2) is 0 Å². The molecule has 1 aromatic carbocycles. The zero-order valence-corrected chi connectivity index (χ0v) is 15.8. The number of furan rings is 1. The summed E-state index contributed by atoms with van der Waals surface area (Å²) in [7, 11) is 1.63. The quantitative estimate of drug-likeness (QED) is 0.435. The molecule has 136 valence electrons. The van der Waals surface area contributed by atoms with Gasteiger partial charge >= 0.3 is 0 Å². The van der Waals surface area contributed by atoms with E-state index in [2.05, 4.69) is 33.4 Å². The molecule has 5 aromatic rings. The molecule has 0 unspecified atom stereocenters. The Kier molecular flexibility index (Phi) is 3.25. The molecule has 0 radical (unpaired) electrons. The molecule has 4 heterocycles. The largest absolute Gasteiger partial charge is 0.481 e. The van der Waals surface area contributed by atoms with Crippen molar-refractivity contribution in [3.63, 3.8) is 0 Å². The summed E-state index contributed by atoms with van der Waals surface area (Å²) < 4.78 is 10.6. The lowest BCUT2D eigenvalue weighted by atomic mass is 10.0. The highest BCUT2D eigenvalue weighted by Crippen LogP contribution is 2.46. The minimum absolute atomic E-state index is 0.628. The predicted octanol–water partition coefficient (Wildman–Crippen LogP) is 5.53. The van der Waals surface area contributed by atoms with Gasteiger partial charge in [0.1, 0.15) is 5.58 Å². The first kappa shape index (κ1) is 15.7. The first-order valence-corrected chi connectivity index (χ1v) is 9.80. The van der Waals surface area contributed by atoms with Gasteiger partial charge in [0, 0.05) is 56.1 Å². The van der Waals surface area contributed by atoms with Crippen LogP contribution in [0.1, 0.15) is 10.4 Å². The summed E-state index contributed by atoms with van der Waals surface area (Å²) in [5, 5.41) is 8.98. The fourth-order valence-corrected chi connectivity index (χ4v) is 5.00. The third-order valence-corrected chi connectivity index (χ3v) is 6.42. The number of pyridine rings is 1. The number of hydrogen-bond donors (Lipinski definition) is 1. The first-order chi connectivity index (χ1) is 13.8. The molecule has 0 aliphatic heterocycles. The normalized spacial score (nSPS) is 12.3. The number of ether oxygens (including phenoxy) is 1. The Morgan fingerprint density at radius 2 is 2.04 bits per heavy atom. The van der Waals surface area contributed by atoms with Crippen LogP contribution in [-0.4, -0.2) is 22.3 Å². The molecular weight excluding hydrogens is 370 g/mol. The second kappa shape index (κ2) is 5.81. The first-order valence-electron chi connectivity index (χ1n) is 8.98. The highest BCUT2D eigenvalue weighted by Gasteiger charge is 2.28. The number of methoxy groups -OCH3 is 1. The predicted molar refractivity (Wildman–Crippen MR) is 110 cm³/mol. The van der Waals surface area contributed by atoms with Gasteiger partial charge in [0.2, 0.25) is 5.88 Å². The summed E-state index contributed by atoms with van der Waals surface area (Å²) in [5.41, 5.74) is 7.77. The number of fused-ring (bicyclic) bond motifs is 4. The van der Waals surface area contributed by atoms with E-state index in [0.29, 0.717) is 5.88 Å². The van der Waals surface area contributed by atoms with Crippen molar-refractivity contribution in [2.45, 2.75) is 6.42 Å². The molecule has 0 amide bonds. The van der Waals surface area contributed by atoms with Gasteiger partial charge in [0.25, 0.3) is 0 Å². The molecule has 6 heteroatoms. The fourth-order valence-electron chi connectivity index (χ4n) is 3.83. The van der Waals surface area contributed by atoms with Crippen LogP contribution in [0.3, 0.4) is 0 Å². The van der Waals surface area contributed by atoms with Crippen LogP contribution in [0.15, 0.2) is 59.3 Å². The Morgan fingerprint density at radius 3 is 2.89 bits per heavy atom. The molecule has 28 heavy (non-hydrogen) atoms. The fraction of sp³-hybridized carbons (Fsp3) is 0.0909. The van der Waals surface area contributed by atoms with Crippen LogP contribution in [-0.2, 0) is 6.42 Å². The third kappa shape index (κ3) is 2.25. The van der Waals surface area contributed by atoms with Crippen molar-refractivity contribution in [2.75, 3.05) is 7.11 Å². The van der Waals surface area contributed by atoms with Gasteiger partial charge in [-0.2, -0.15) is 5.10 Å². The average Bonchev–Trinajstić information content (AvgIpc) is 3.48. The van der Waals surface area contributed by atoms with Crippen molar-refractivity contribution in [3.05, 3.63) is 65.4 Å². The molecule has 4 aromatic heterocycles. The second-order valence-electron chi connectivity index (χ2n) is 6.81. The van der Waals surface area contributed by atoms with Crippen molar-refractivity contribution in [1.29, 1.82) is 0 Å². The number of benzene rings is 1. The van der Waals surface area contributed by atoms with E-state index in [0.717, 1.165) is 39.9 Å². The van der Waals surface area contributed by atoms with Crippen LogP contribution in [0.5, 0.6) is 5.88 Å². The number of hydrogen-bond acceptors (Lipinski definition) is 5. The van der Waals surface area contributed by atoms with E-state index in [1.807, 2.05) is 41.8 Å². The molecular formula is C22H15N3O2S. The molecule has 0 fully saturated rings. The Morgan fingerprint density at radius 1 is 1.11 bits per heavy atom. The molecule has 0 saturated heterocycles. The second-order valence-corrected chi connectivity index (χ2v) is 7.95. The standard InChI is InChI=1S/C22H15N3O2S/c1-26-20-5-3-14(11-23-20)18-9-15-19(28-18)10-16-21(24-25-22(15)16)13-2-4-17-12(8-13)6-7-27-17/h2-9,11H,10H2,1H3,(H,24,25). The molecule has 5 nitrogen and oxygen atoms in total. The molecule has 1 N–H and O–H groups in total. The van der Waals surface area contributed by atoms with Gasteiger partial charge < -0.3 is 9.15 Å². The highest BCUT2D eigenvalue weighted by atomic mass is 32.1. The zero-order valence-electron chi connectivity index (χ0n) is 15.0. The van der Waals surface area contributed by atoms with Gasteiger partial charge in [-0.15, -0.1) is 11.3 Å². The zero-order chi connectivity index (χ0) is 18.7. The van der Waals surface area contributed by atoms with E-state index in [1.54, 1.807) is 13.4 Å². The Balaban J connectivity index is 1.39. The van der Waals surface area contributed by atoms with Crippen molar-refractivity contribution < 1.29 is 9.15 Å². The topological polar surface area (TPSA) is 63.9 Å². The molecule has 0 atom stereocenters. The van der Waals surface area contributed by atoms with Crippen LogP contribution < -0.4 is 4.74 Å². The summed E-state index contributed by atoms with van der Waals surface area (Å²) >= 11 is 1.81. The summed E-state index contributed by atoms with van der Waals surface area (Å²) in [6.45, 7) is 0. The van der Waals surface area contributed by atoms with Gasteiger partial charge in [-0.05, 0) is 36.4 Å². The van der Waals surface area contributed by atoms with Gasteiger partial charge in [-0.1, -0.05) is 0 Å². The van der Waals surface area contributed by atoms with E-state index in [1.165, 1.54) is 20.9 Å². The van der Waals surface area contributed by atoms with E-state index in [-0.39, 0.29) is 0 Å². The van der Waals surface area contributed by atoms with Crippen molar-refractivity contribution in [3.8, 4) is 38.8 Å². The SMILES string of the molecule is COc1ccc(-c2cc3c(s2)Cc2c(-c4ccc5occc5c4)n[nH]c2-3)cn1. The van der Waals surface area contributed by atoms with E-state index >= 15 is 0 Å². The van der Waals surface area contributed by atoms with Crippen molar-refractivity contribution in [2.24, 2.45) is 0 Å². The number of H-pyrrole nitrogens is 1. The maximum Gasteiger partial charge on any atom is 0.212 e. The number of nitrogens with zero attached hydrogens (tertiary/aromatic N) is 2. The highest BCUT2D eigenvalue weighted by molar-refractivity contribution is 7.16. The van der Waals surface area contributed by atoms with Crippen LogP contribution in [0.2, 0.25) is 0 Å².